The molecule has 17 heavy (non-hydrogen) atoms. The van der Waals surface area contributed by atoms with E-state index in [1.165, 1.54) is 10.7 Å². The Hall–Kier alpha value is -2.61. The molecule has 0 aliphatic carbocycles. The van der Waals surface area contributed by atoms with Crippen molar-refractivity contribution in [2.75, 3.05) is 0 Å². The van der Waals surface area contributed by atoms with Gasteiger partial charge in [-0.25, -0.2) is 4.79 Å². The van der Waals surface area contributed by atoms with Crippen LogP contribution in [0.5, 0.6) is 0 Å². The van der Waals surface area contributed by atoms with Gasteiger partial charge in [-0.2, -0.15) is 10.4 Å². The lowest BCUT2D eigenvalue weighted by Gasteiger charge is -1.95. The Kier molecular flexibility index (Phi) is 2.63. The number of rotatable bonds is 2. The molecule has 5 heteroatoms. The van der Waals surface area contributed by atoms with Crippen LogP contribution in [0.4, 0.5) is 0 Å². The first-order chi connectivity index (χ1) is 8.11. The smallest absolute Gasteiger partial charge is 0.354 e. The standard InChI is InChI=1S/C12H9N3O2/c1-15-11(12(16)17)6-10(14-15)9-4-2-8(7-13)3-5-9/h2-6H,1H3,(H,16,17). The van der Waals surface area contributed by atoms with Crippen molar-refractivity contribution in [1.82, 2.24) is 9.78 Å². The summed E-state index contributed by atoms with van der Waals surface area (Å²) in [4.78, 5) is 10.9. The Morgan fingerprint density at radius 2 is 2.06 bits per heavy atom. The van der Waals surface area contributed by atoms with E-state index in [0.717, 1.165) is 5.56 Å². The second kappa shape index (κ2) is 4.10. The SMILES string of the molecule is Cn1nc(-c2ccc(C#N)cc2)cc1C(=O)O. The number of carboxylic acid groups (broad SMARTS) is 1. The normalized spacial score (nSPS) is 9.88. The van der Waals surface area contributed by atoms with Crippen molar-refractivity contribution in [1.29, 1.82) is 5.26 Å². The molecule has 0 amide bonds. The van der Waals surface area contributed by atoms with Crippen LogP contribution in [0.25, 0.3) is 11.3 Å². The fraction of sp³-hybridized carbons (Fsp3) is 0.0833. The number of nitrogens with zero attached hydrogens (tertiary/aromatic N) is 3. The maximum absolute atomic E-state index is 10.9. The largest absolute Gasteiger partial charge is 0.477 e. The van der Waals surface area contributed by atoms with Crippen molar-refractivity contribution < 1.29 is 9.90 Å². The highest BCUT2D eigenvalue weighted by molar-refractivity contribution is 5.87. The zero-order valence-electron chi connectivity index (χ0n) is 9.08. The molecule has 0 unspecified atom stereocenters. The predicted octanol–water partition coefficient (Wildman–Crippen LogP) is 1.66. The van der Waals surface area contributed by atoms with Gasteiger partial charge in [-0.15, -0.1) is 0 Å². The van der Waals surface area contributed by atoms with Gasteiger partial charge in [0.1, 0.15) is 5.69 Å². The van der Waals surface area contributed by atoms with Gasteiger partial charge in [-0.3, -0.25) is 4.68 Å². The molecule has 0 radical (unpaired) electrons. The minimum absolute atomic E-state index is 0.129. The van der Waals surface area contributed by atoms with E-state index in [-0.39, 0.29) is 5.69 Å². The highest BCUT2D eigenvalue weighted by atomic mass is 16.4. The van der Waals surface area contributed by atoms with Gasteiger partial charge in [-0.05, 0) is 18.2 Å². The lowest BCUT2D eigenvalue weighted by atomic mass is 10.1. The van der Waals surface area contributed by atoms with E-state index in [1.54, 1.807) is 31.3 Å². The molecule has 0 fully saturated rings. The second-order valence-electron chi connectivity index (χ2n) is 3.53. The van der Waals surface area contributed by atoms with Crippen molar-refractivity contribution in [2.45, 2.75) is 0 Å². The monoisotopic (exact) mass is 227 g/mol. The van der Waals surface area contributed by atoms with E-state index >= 15 is 0 Å². The van der Waals surface area contributed by atoms with Crippen LogP contribution in [0.15, 0.2) is 30.3 Å². The first-order valence-corrected chi connectivity index (χ1v) is 4.89. The topological polar surface area (TPSA) is 78.9 Å². The van der Waals surface area contributed by atoms with E-state index in [4.69, 9.17) is 10.4 Å². The van der Waals surface area contributed by atoms with Gasteiger partial charge >= 0.3 is 5.97 Å². The summed E-state index contributed by atoms with van der Waals surface area (Å²) >= 11 is 0. The Morgan fingerprint density at radius 1 is 1.41 bits per heavy atom. The number of hydrogen-bond acceptors (Lipinski definition) is 3. The molecular weight excluding hydrogens is 218 g/mol. The molecule has 0 aliphatic heterocycles. The van der Waals surface area contributed by atoms with Crippen LogP contribution in [0.3, 0.4) is 0 Å². The Bertz CT molecular complexity index is 606. The van der Waals surface area contributed by atoms with Crippen molar-refractivity contribution in [2.24, 2.45) is 7.05 Å². The van der Waals surface area contributed by atoms with Crippen molar-refractivity contribution >= 4 is 5.97 Å². The summed E-state index contributed by atoms with van der Waals surface area (Å²) in [5, 5.41) is 21.7. The highest BCUT2D eigenvalue weighted by Crippen LogP contribution is 2.19. The number of aromatic nitrogens is 2. The number of carboxylic acids is 1. The van der Waals surface area contributed by atoms with Gasteiger partial charge in [-0.1, -0.05) is 12.1 Å². The summed E-state index contributed by atoms with van der Waals surface area (Å²) in [6, 6.07) is 10.4. The van der Waals surface area contributed by atoms with Crippen molar-refractivity contribution in [3.8, 4) is 17.3 Å². The molecule has 0 spiro atoms. The average Bonchev–Trinajstić information content (AvgIpc) is 2.71. The highest BCUT2D eigenvalue weighted by Gasteiger charge is 2.12. The van der Waals surface area contributed by atoms with Crippen LogP contribution < -0.4 is 0 Å². The molecule has 0 bridgehead atoms. The van der Waals surface area contributed by atoms with Gasteiger partial charge in [0, 0.05) is 12.6 Å². The van der Waals surface area contributed by atoms with E-state index in [9.17, 15) is 4.79 Å². The van der Waals surface area contributed by atoms with Crippen molar-refractivity contribution in [3.05, 3.63) is 41.6 Å². The molecule has 0 saturated heterocycles. The maximum Gasteiger partial charge on any atom is 0.354 e. The van der Waals surface area contributed by atoms with Gasteiger partial charge in [0.05, 0.1) is 17.3 Å². The molecule has 1 N–H and O–H groups in total. The Morgan fingerprint density at radius 3 is 2.53 bits per heavy atom. The Labute approximate surface area is 97.5 Å². The van der Waals surface area contributed by atoms with E-state index < -0.39 is 5.97 Å². The van der Waals surface area contributed by atoms with Crippen LogP contribution in [0, 0.1) is 11.3 Å². The van der Waals surface area contributed by atoms with Gasteiger partial charge in [0.2, 0.25) is 0 Å². The zero-order valence-corrected chi connectivity index (χ0v) is 9.08. The third kappa shape index (κ3) is 2.01. The van der Waals surface area contributed by atoms with Crippen LogP contribution in [-0.2, 0) is 7.05 Å². The fourth-order valence-electron chi connectivity index (χ4n) is 1.52. The van der Waals surface area contributed by atoms with Gasteiger partial charge in [0.25, 0.3) is 0 Å². The van der Waals surface area contributed by atoms with Crippen LogP contribution in [0.1, 0.15) is 16.1 Å². The van der Waals surface area contributed by atoms with Gasteiger partial charge in [0.15, 0.2) is 0 Å². The van der Waals surface area contributed by atoms with Crippen LogP contribution >= 0.6 is 0 Å². The van der Waals surface area contributed by atoms with Crippen LogP contribution in [0.2, 0.25) is 0 Å². The molecule has 0 aliphatic rings. The molecule has 0 saturated carbocycles. The second-order valence-corrected chi connectivity index (χ2v) is 3.53. The van der Waals surface area contributed by atoms with Crippen molar-refractivity contribution in [3.63, 3.8) is 0 Å². The summed E-state index contributed by atoms with van der Waals surface area (Å²) in [6.45, 7) is 0. The molecule has 1 heterocycles. The molecule has 84 valence electrons. The molecule has 1 aromatic heterocycles. The maximum atomic E-state index is 10.9. The molecule has 5 nitrogen and oxygen atoms in total. The zero-order chi connectivity index (χ0) is 12.4. The van der Waals surface area contributed by atoms with Gasteiger partial charge < -0.3 is 5.11 Å². The number of hydrogen-bond donors (Lipinski definition) is 1. The lowest BCUT2D eigenvalue weighted by molar-refractivity contribution is 0.0685. The summed E-state index contributed by atoms with van der Waals surface area (Å²) < 4.78 is 1.32. The summed E-state index contributed by atoms with van der Waals surface area (Å²) in [6.07, 6.45) is 0. The predicted molar refractivity (Wildman–Crippen MR) is 60.3 cm³/mol. The van der Waals surface area contributed by atoms with Crippen LogP contribution in [-0.4, -0.2) is 20.9 Å². The molecule has 0 atom stereocenters. The third-order valence-electron chi connectivity index (χ3n) is 2.41. The minimum atomic E-state index is -1.01. The first kappa shape index (κ1) is 10.9. The first-order valence-electron chi connectivity index (χ1n) is 4.89. The number of benzene rings is 1. The number of aromatic carboxylic acids is 1. The van der Waals surface area contributed by atoms with E-state index in [2.05, 4.69) is 5.10 Å². The third-order valence-corrected chi connectivity index (χ3v) is 2.41. The fourth-order valence-corrected chi connectivity index (χ4v) is 1.52. The summed E-state index contributed by atoms with van der Waals surface area (Å²) in [7, 11) is 1.58. The molecule has 2 aromatic rings. The quantitative estimate of drug-likeness (QED) is 0.846. The number of carbonyl (C=O) groups is 1. The molecule has 1 aromatic carbocycles. The summed E-state index contributed by atoms with van der Waals surface area (Å²) in [5.74, 6) is -1.01. The van der Waals surface area contributed by atoms with E-state index in [0.29, 0.717) is 11.3 Å². The lowest BCUT2D eigenvalue weighted by Crippen LogP contribution is -2.04. The number of nitriles is 1. The molecular formula is C12H9N3O2. The minimum Gasteiger partial charge on any atom is -0.477 e. The average molecular weight is 227 g/mol. The summed E-state index contributed by atoms with van der Waals surface area (Å²) in [5.41, 5.74) is 2.05. The van der Waals surface area contributed by atoms with E-state index in [1.807, 2.05) is 6.07 Å². The Balaban J connectivity index is 2.43. The number of aryl methyl sites for hydroxylation is 1. The molecule has 2 rings (SSSR count).